The lowest BCUT2D eigenvalue weighted by Crippen LogP contribution is -2.35. The minimum Gasteiger partial charge on any atom is -0.387 e. The first-order valence-electron chi connectivity index (χ1n) is 6.44. The maximum absolute atomic E-state index is 11.1. The summed E-state index contributed by atoms with van der Waals surface area (Å²) >= 11 is 0. The maximum Gasteiger partial charge on any atom is 0.264 e. The number of nitrogens with zero attached hydrogens (tertiary/aromatic N) is 4. The number of anilines is 1. The van der Waals surface area contributed by atoms with E-state index in [2.05, 4.69) is 15.0 Å². The van der Waals surface area contributed by atoms with Gasteiger partial charge in [-0.15, -0.1) is 0 Å². The van der Waals surface area contributed by atoms with Crippen molar-refractivity contribution in [2.45, 2.75) is 24.9 Å². The summed E-state index contributed by atoms with van der Waals surface area (Å²) in [5, 5.41) is 10.1. The van der Waals surface area contributed by atoms with Crippen molar-refractivity contribution in [1.29, 1.82) is 0 Å². The minimum atomic E-state index is -3.66. The number of aromatic nitrogens is 4. The number of hydrogen-bond acceptors (Lipinski definition) is 9. The molecule has 3 N–H and O–H groups in total. The number of fused-ring (bicyclic) bond motifs is 1. The first kappa shape index (κ1) is 15.1. The van der Waals surface area contributed by atoms with Crippen LogP contribution in [0.4, 0.5) is 5.82 Å². The summed E-state index contributed by atoms with van der Waals surface area (Å²) in [5.41, 5.74) is 6.67. The van der Waals surface area contributed by atoms with E-state index in [4.69, 9.17) is 14.7 Å². The van der Waals surface area contributed by atoms with Gasteiger partial charge in [0.2, 0.25) is 0 Å². The molecule has 1 aliphatic rings. The molecule has 22 heavy (non-hydrogen) atoms. The van der Waals surface area contributed by atoms with E-state index in [1.165, 1.54) is 12.7 Å². The number of ether oxygens (including phenoxy) is 1. The highest BCUT2D eigenvalue weighted by Gasteiger charge is 2.39. The molecule has 1 unspecified atom stereocenters. The van der Waals surface area contributed by atoms with Crippen LogP contribution in [0, 0.1) is 0 Å². The van der Waals surface area contributed by atoms with Gasteiger partial charge in [-0.2, -0.15) is 8.42 Å². The van der Waals surface area contributed by atoms with Crippen LogP contribution < -0.4 is 5.73 Å². The molecule has 3 heterocycles. The van der Waals surface area contributed by atoms with Gasteiger partial charge in [0, 0.05) is 0 Å². The van der Waals surface area contributed by atoms with E-state index in [0.717, 1.165) is 6.26 Å². The molecule has 2 aromatic heterocycles. The average molecular weight is 329 g/mol. The van der Waals surface area contributed by atoms with Crippen LogP contribution in [-0.4, -0.2) is 64.2 Å². The third kappa shape index (κ3) is 2.88. The second kappa shape index (κ2) is 5.43. The van der Waals surface area contributed by atoms with Crippen LogP contribution in [0.3, 0.4) is 0 Å². The number of hydrogen-bond donors (Lipinski definition) is 2. The highest BCUT2D eigenvalue weighted by Crippen LogP contribution is 2.22. The molecule has 0 radical (unpaired) electrons. The SMILES string of the molecule is CS(=O)(=O)O[C@H]1CO[C@@H](Cn2cnc3c(N)ncnc32)C1O. The van der Waals surface area contributed by atoms with Gasteiger partial charge >= 0.3 is 0 Å². The molecule has 0 saturated carbocycles. The Hall–Kier alpha value is -1.82. The van der Waals surface area contributed by atoms with Crippen LogP contribution in [0.25, 0.3) is 11.2 Å². The van der Waals surface area contributed by atoms with E-state index >= 15 is 0 Å². The lowest BCUT2D eigenvalue weighted by Gasteiger charge is -2.17. The van der Waals surface area contributed by atoms with Crippen molar-refractivity contribution in [3.05, 3.63) is 12.7 Å². The molecule has 0 spiro atoms. The highest BCUT2D eigenvalue weighted by atomic mass is 32.2. The van der Waals surface area contributed by atoms with Crippen LogP contribution in [0.1, 0.15) is 0 Å². The van der Waals surface area contributed by atoms with Gasteiger partial charge in [0.05, 0.1) is 25.7 Å². The summed E-state index contributed by atoms with van der Waals surface area (Å²) in [5.74, 6) is 0.259. The number of imidazole rings is 1. The predicted octanol–water partition coefficient (Wildman–Crippen LogP) is -1.49. The Kier molecular flexibility index (Phi) is 3.72. The van der Waals surface area contributed by atoms with Gasteiger partial charge < -0.3 is 20.1 Å². The average Bonchev–Trinajstić information content (AvgIpc) is 2.97. The Balaban J connectivity index is 1.77. The van der Waals surface area contributed by atoms with E-state index in [-0.39, 0.29) is 19.0 Å². The zero-order chi connectivity index (χ0) is 15.9. The molecular weight excluding hydrogens is 314 g/mol. The summed E-state index contributed by atoms with van der Waals surface area (Å²) in [6.45, 7) is 0.223. The van der Waals surface area contributed by atoms with Crippen molar-refractivity contribution in [2.75, 3.05) is 18.6 Å². The summed E-state index contributed by atoms with van der Waals surface area (Å²) in [6, 6.07) is 0. The molecule has 3 rings (SSSR count). The fraction of sp³-hybridized carbons (Fsp3) is 0.545. The molecule has 0 bridgehead atoms. The fourth-order valence-corrected chi connectivity index (χ4v) is 2.97. The first-order chi connectivity index (χ1) is 10.3. The number of aliphatic hydroxyl groups is 1. The van der Waals surface area contributed by atoms with Crippen LogP contribution in [0.2, 0.25) is 0 Å². The molecule has 1 aliphatic heterocycles. The monoisotopic (exact) mass is 329 g/mol. The van der Waals surface area contributed by atoms with Gasteiger partial charge in [-0.25, -0.2) is 15.0 Å². The minimum absolute atomic E-state index is 0.0113. The second-order valence-electron chi connectivity index (χ2n) is 5.03. The van der Waals surface area contributed by atoms with Crippen LogP contribution >= 0.6 is 0 Å². The molecule has 1 saturated heterocycles. The quantitative estimate of drug-likeness (QED) is 0.641. The smallest absolute Gasteiger partial charge is 0.264 e. The maximum atomic E-state index is 11.1. The third-order valence-electron chi connectivity index (χ3n) is 3.34. The number of nitrogens with two attached hydrogens (primary N) is 1. The van der Waals surface area contributed by atoms with Crippen molar-refractivity contribution in [1.82, 2.24) is 19.5 Å². The Morgan fingerprint density at radius 2 is 2.27 bits per heavy atom. The zero-order valence-electron chi connectivity index (χ0n) is 11.7. The lowest BCUT2D eigenvalue weighted by molar-refractivity contribution is 0.0212. The van der Waals surface area contributed by atoms with E-state index in [0.29, 0.717) is 11.2 Å². The molecule has 11 heteroatoms. The molecule has 0 amide bonds. The predicted molar refractivity (Wildman–Crippen MR) is 75.2 cm³/mol. The van der Waals surface area contributed by atoms with E-state index in [1.807, 2.05) is 0 Å². The fourth-order valence-electron chi connectivity index (χ4n) is 2.35. The third-order valence-corrected chi connectivity index (χ3v) is 3.94. The van der Waals surface area contributed by atoms with E-state index < -0.39 is 28.4 Å². The van der Waals surface area contributed by atoms with Crippen molar-refractivity contribution in [2.24, 2.45) is 0 Å². The van der Waals surface area contributed by atoms with E-state index in [1.54, 1.807) is 4.57 Å². The van der Waals surface area contributed by atoms with Crippen LogP contribution in [-0.2, 0) is 25.6 Å². The Morgan fingerprint density at radius 1 is 1.50 bits per heavy atom. The highest BCUT2D eigenvalue weighted by molar-refractivity contribution is 7.86. The Morgan fingerprint density at radius 3 is 3.00 bits per heavy atom. The van der Waals surface area contributed by atoms with E-state index in [9.17, 15) is 13.5 Å². The second-order valence-corrected chi connectivity index (χ2v) is 6.63. The summed E-state index contributed by atoms with van der Waals surface area (Å²) < 4.78 is 34.1. The normalized spacial score (nSPS) is 25.8. The zero-order valence-corrected chi connectivity index (χ0v) is 12.5. The van der Waals surface area contributed by atoms with Gasteiger partial charge in [-0.05, 0) is 0 Å². The summed E-state index contributed by atoms with van der Waals surface area (Å²) in [6.07, 6.45) is 1.12. The number of nitrogen functional groups attached to an aromatic ring is 1. The number of rotatable bonds is 4. The molecule has 10 nitrogen and oxygen atoms in total. The van der Waals surface area contributed by atoms with Crippen LogP contribution in [0.15, 0.2) is 12.7 Å². The molecule has 2 aromatic rings. The summed E-state index contributed by atoms with van der Waals surface area (Å²) in [7, 11) is -3.66. The van der Waals surface area contributed by atoms with Crippen molar-refractivity contribution < 1.29 is 22.4 Å². The van der Waals surface area contributed by atoms with Gasteiger partial charge in [-0.3, -0.25) is 4.18 Å². The molecule has 120 valence electrons. The molecule has 0 aromatic carbocycles. The largest absolute Gasteiger partial charge is 0.387 e. The first-order valence-corrected chi connectivity index (χ1v) is 8.26. The number of aliphatic hydroxyl groups excluding tert-OH is 1. The Bertz CT molecular complexity index is 791. The standard InChI is InChI=1S/C11H15N5O5S/c1-22(18,19)21-7-3-20-6(9(7)17)2-16-5-15-8-10(12)13-4-14-11(8)16/h4-7,9,17H,2-3H2,1H3,(H2,12,13,14)/t6-,7-,9?/m0/s1. The van der Waals surface area contributed by atoms with Crippen molar-refractivity contribution in [3.63, 3.8) is 0 Å². The van der Waals surface area contributed by atoms with Crippen LogP contribution in [0.5, 0.6) is 0 Å². The summed E-state index contributed by atoms with van der Waals surface area (Å²) in [4.78, 5) is 12.0. The Labute approximate surface area is 126 Å². The van der Waals surface area contributed by atoms with Gasteiger partial charge in [0.1, 0.15) is 30.2 Å². The molecular formula is C11H15N5O5S. The van der Waals surface area contributed by atoms with Crippen molar-refractivity contribution >= 4 is 27.1 Å². The van der Waals surface area contributed by atoms with Gasteiger partial charge in [-0.1, -0.05) is 0 Å². The van der Waals surface area contributed by atoms with Gasteiger partial charge in [0.25, 0.3) is 10.1 Å². The molecule has 3 atom stereocenters. The molecule has 1 fully saturated rings. The topological polar surface area (TPSA) is 142 Å². The van der Waals surface area contributed by atoms with Crippen molar-refractivity contribution in [3.8, 4) is 0 Å². The van der Waals surface area contributed by atoms with Gasteiger partial charge in [0.15, 0.2) is 11.5 Å². The molecule has 0 aliphatic carbocycles. The lowest BCUT2D eigenvalue weighted by atomic mass is 10.1.